The lowest BCUT2D eigenvalue weighted by atomic mass is 10.2. The van der Waals surface area contributed by atoms with Crippen LogP contribution in [0.15, 0.2) is 35.8 Å². The van der Waals surface area contributed by atoms with Crippen molar-refractivity contribution in [3.05, 3.63) is 40.9 Å². The number of hydrogen-bond donors (Lipinski definition) is 1. The van der Waals surface area contributed by atoms with Crippen molar-refractivity contribution in [1.82, 2.24) is 25.2 Å². The number of amides is 1. The van der Waals surface area contributed by atoms with E-state index in [1.807, 2.05) is 12.1 Å². The van der Waals surface area contributed by atoms with Gasteiger partial charge >= 0.3 is 0 Å². The molecule has 9 heteroatoms. The van der Waals surface area contributed by atoms with Gasteiger partial charge < -0.3 is 5.32 Å². The average Bonchev–Trinajstić information content (AvgIpc) is 3.11. The fourth-order valence-electron chi connectivity index (χ4n) is 1.63. The summed E-state index contributed by atoms with van der Waals surface area (Å²) >= 11 is 7.41. The highest BCUT2D eigenvalue weighted by molar-refractivity contribution is 7.13. The Morgan fingerprint density at radius 1 is 1.38 bits per heavy atom. The van der Waals surface area contributed by atoms with Gasteiger partial charge in [0.05, 0.1) is 5.02 Å². The fourth-order valence-corrected chi connectivity index (χ4v) is 2.40. The van der Waals surface area contributed by atoms with E-state index in [0.29, 0.717) is 21.5 Å². The van der Waals surface area contributed by atoms with Crippen LogP contribution in [-0.4, -0.2) is 31.1 Å². The van der Waals surface area contributed by atoms with Crippen LogP contribution in [0.5, 0.6) is 0 Å². The van der Waals surface area contributed by atoms with E-state index in [-0.39, 0.29) is 12.5 Å². The molecule has 0 aliphatic rings. The number of carbonyl (C=O) groups excluding carboxylic acids is 1. The summed E-state index contributed by atoms with van der Waals surface area (Å²) in [5.74, 6) is 0.107. The predicted molar refractivity (Wildman–Crippen MR) is 79.0 cm³/mol. The van der Waals surface area contributed by atoms with Crippen LogP contribution in [0.1, 0.15) is 0 Å². The van der Waals surface area contributed by atoms with Crippen LogP contribution >= 0.6 is 22.9 Å². The highest BCUT2D eigenvalue weighted by atomic mass is 35.5. The molecule has 1 aromatic carbocycles. The second kappa shape index (κ2) is 5.98. The summed E-state index contributed by atoms with van der Waals surface area (Å²) in [5, 5.41) is 17.4. The summed E-state index contributed by atoms with van der Waals surface area (Å²) in [7, 11) is 0. The number of halogens is 1. The van der Waals surface area contributed by atoms with Gasteiger partial charge in [-0.1, -0.05) is 23.7 Å². The molecule has 0 saturated carbocycles. The van der Waals surface area contributed by atoms with Crippen molar-refractivity contribution in [2.75, 3.05) is 5.32 Å². The smallest absolute Gasteiger partial charge is 0.249 e. The van der Waals surface area contributed by atoms with Gasteiger partial charge in [0.2, 0.25) is 11.7 Å². The van der Waals surface area contributed by atoms with Crippen LogP contribution in [-0.2, 0) is 11.3 Å². The third kappa shape index (κ3) is 3.23. The zero-order valence-electron chi connectivity index (χ0n) is 10.6. The van der Waals surface area contributed by atoms with Crippen molar-refractivity contribution < 1.29 is 4.79 Å². The van der Waals surface area contributed by atoms with Crippen molar-refractivity contribution in [3.63, 3.8) is 0 Å². The molecule has 0 bridgehead atoms. The second-order valence-electron chi connectivity index (χ2n) is 4.01. The van der Waals surface area contributed by atoms with E-state index >= 15 is 0 Å². The van der Waals surface area contributed by atoms with Crippen LogP contribution < -0.4 is 5.32 Å². The molecule has 2 aromatic heterocycles. The molecule has 0 radical (unpaired) electrons. The van der Waals surface area contributed by atoms with Crippen LogP contribution in [0.25, 0.3) is 11.4 Å². The number of rotatable bonds is 4. The van der Waals surface area contributed by atoms with Crippen molar-refractivity contribution in [2.45, 2.75) is 6.54 Å². The number of thiazole rings is 1. The Hall–Kier alpha value is -2.32. The van der Waals surface area contributed by atoms with Gasteiger partial charge in [-0.25, -0.2) is 4.98 Å². The number of tetrazole rings is 1. The van der Waals surface area contributed by atoms with E-state index in [2.05, 4.69) is 25.7 Å². The van der Waals surface area contributed by atoms with Gasteiger partial charge in [-0.15, -0.1) is 21.5 Å². The average molecular weight is 321 g/mol. The SMILES string of the molecule is O=C(Cn1nnc(-c2ccccc2Cl)n1)Nc1nccs1. The van der Waals surface area contributed by atoms with Crippen molar-refractivity contribution >= 4 is 34.0 Å². The van der Waals surface area contributed by atoms with E-state index in [4.69, 9.17) is 11.6 Å². The number of nitrogens with zero attached hydrogens (tertiary/aromatic N) is 5. The zero-order chi connectivity index (χ0) is 14.7. The summed E-state index contributed by atoms with van der Waals surface area (Å²) in [5.41, 5.74) is 0.672. The maximum absolute atomic E-state index is 11.8. The molecule has 0 saturated heterocycles. The van der Waals surface area contributed by atoms with Gasteiger partial charge in [-0.05, 0) is 17.3 Å². The minimum absolute atomic E-state index is 0.0446. The number of hydrogen-bond acceptors (Lipinski definition) is 6. The molecule has 3 rings (SSSR count). The first-order valence-electron chi connectivity index (χ1n) is 5.94. The van der Waals surface area contributed by atoms with E-state index < -0.39 is 0 Å². The zero-order valence-corrected chi connectivity index (χ0v) is 12.2. The Bertz CT molecular complexity index is 757. The summed E-state index contributed by atoms with van der Waals surface area (Å²) in [4.78, 5) is 17.0. The van der Waals surface area contributed by atoms with E-state index in [1.54, 1.807) is 23.7 Å². The summed E-state index contributed by atoms with van der Waals surface area (Å²) in [6, 6.07) is 7.18. The fraction of sp³-hybridized carbons (Fsp3) is 0.0833. The van der Waals surface area contributed by atoms with Gasteiger partial charge in [0.1, 0.15) is 6.54 Å². The number of benzene rings is 1. The van der Waals surface area contributed by atoms with Gasteiger partial charge in [-0.2, -0.15) is 4.80 Å². The van der Waals surface area contributed by atoms with Gasteiger partial charge in [0.15, 0.2) is 5.13 Å². The maximum Gasteiger partial charge on any atom is 0.249 e. The lowest BCUT2D eigenvalue weighted by Gasteiger charge is -2.00. The van der Waals surface area contributed by atoms with Gasteiger partial charge in [-0.3, -0.25) is 4.79 Å². The highest BCUT2D eigenvalue weighted by Crippen LogP contribution is 2.23. The molecule has 1 N–H and O–H groups in total. The molecule has 0 atom stereocenters. The Morgan fingerprint density at radius 3 is 3.00 bits per heavy atom. The standard InChI is InChI=1S/C12H9ClN6OS/c13-9-4-2-1-3-8(9)11-16-18-19(17-11)7-10(20)15-12-14-5-6-21-12/h1-6H,7H2,(H,14,15,20). The van der Waals surface area contributed by atoms with Crippen molar-refractivity contribution in [3.8, 4) is 11.4 Å². The predicted octanol–water partition coefficient (Wildman–Crippen LogP) is 2.09. The molecule has 0 aliphatic heterocycles. The normalized spacial score (nSPS) is 10.5. The number of aromatic nitrogens is 5. The molecule has 2 heterocycles. The third-order valence-electron chi connectivity index (χ3n) is 2.53. The molecule has 106 valence electrons. The minimum Gasteiger partial charge on any atom is -0.300 e. The molecule has 0 spiro atoms. The van der Waals surface area contributed by atoms with Crippen LogP contribution in [0.3, 0.4) is 0 Å². The molecule has 1 amide bonds. The summed E-state index contributed by atoms with van der Waals surface area (Å²) < 4.78 is 0. The lowest BCUT2D eigenvalue weighted by Crippen LogP contribution is -2.20. The summed E-state index contributed by atoms with van der Waals surface area (Å²) in [6.45, 7) is -0.0446. The lowest BCUT2D eigenvalue weighted by molar-refractivity contribution is -0.117. The van der Waals surface area contributed by atoms with Crippen molar-refractivity contribution in [1.29, 1.82) is 0 Å². The molecular weight excluding hydrogens is 312 g/mol. The topological polar surface area (TPSA) is 85.6 Å². The largest absolute Gasteiger partial charge is 0.300 e. The maximum atomic E-state index is 11.8. The van der Waals surface area contributed by atoms with Crippen LogP contribution in [0.4, 0.5) is 5.13 Å². The van der Waals surface area contributed by atoms with Gasteiger partial charge in [0.25, 0.3) is 0 Å². The molecule has 0 fully saturated rings. The van der Waals surface area contributed by atoms with E-state index in [0.717, 1.165) is 0 Å². The second-order valence-corrected chi connectivity index (χ2v) is 5.31. The Balaban J connectivity index is 1.71. The Morgan fingerprint density at radius 2 is 2.24 bits per heavy atom. The quantitative estimate of drug-likeness (QED) is 0.795. The first-order chi connectivity index (χ1) is 10.2. The van der Waals surface area contributed by atoms with Crippen molar-refractivity contribution in [2.24, 2.45) is 0 Å². The minimum atomic E-state index is -0.270. The van der Waals surface area contributed by atoms with E-state index in [1.165, 1.54) is 16.1 Å². The van der Waals surface area contributed by atoms with Gasteiger partial charge in [0, 0.05) is 17.1 Å². The highest BCUT2D eigenvalue weighted by Gasteiger charge is 2.12. The summed E-state index contributed by atoms with van der Waals surface area (Å²) in [6.07, 6.45) is 1.61. The molecule has 0 aliphatic carbocycles. The number of nitrogens with one attached hydrogen (secondary N) is 1. The number of carbonyl (C=O) groups is 1. The first-order valence-corrected chi connectivity index (χ1v) is 7.20. The number of anilines is 1. The first kappa shape index (κ1) is 13.7. The molecule has 3 aromatic rings. The Labute approximate surface area is 128 Å². The van der Waals surface area contributed by atoms with E-state index in [9.17, 15) is 4.79 Å². The van der Waals surface area contributed by atoms with Crippen LogP contribution in [0.2, 0.25) is 5.02 Å². The Kier molecular flexibility index (Phi) is 3.89. The third-order valence-corrected chi connectivity index (χ3v) is 3.55. The monoisotopic (exact) mass is 320 g/mol. The molecular formula is C12H9ClN6OS. The van der Waals surface area contributed by atoms with Crippen LogP contribution in [0, 0.1) is 0 Å². The molecule has 0 unspecified atom stereocenters. The molecule has 7 nitrogen and oxygen atoms in total. The molecule has 21 heavy (non-hydrogen) atoms.